The van der Waals surface area contributed by atoms with E-state index >= 15 is 0 Å². The number of hydrogen-bond donors (Lipinski definition) is 4. The Kier molecular flexibility index (Phi) is 12.7. The van der Waals surface area contributed by atoms with Crippen molar-refractivity contribution in [2.75, 3.05) is 19.6 Å². The van der Waals surface area contributed by atoms with Crippen LogP contribution in [0, 0.1) is 5.92 Å². The van der Waals surface area contributed by atoms with Crippen molar-refractivity contribution < 1.29 is 33.8 Å². The minimum atomic E-state index is -1.10. The highest BCUT2D eigenvalue weighted by atomic mass is 16.6. The van der Waals surface area contributed by atoms with Crippen LogP contribution in [0.15, 0.2) is 97.1 Å². The predicted molar refractivity (Wildman–Crippen MR) is 223 cm³/mol. The second-order valence-electron chi connectivity index (χ2n) is 17.2. The molecule has 2 saturated heterocycles. The summed E-state index contributed by atoms with van der Waals surface area (Å²) >= 11 is 0. The largest absolute Gasteiger partial charge is 0.465 e. The summed E-state index contributed by atoms with van der Waals surface area (Å²) in [4.78, 5) is 70.7. The summed E-state index contributed by atoms with van der Waals surface area (Å²) in [6, 6.07) is 29.1. The SMILES string of the molecule is CC(C)(CC(=O)N(CC1CCN(C(=O)O)CC1)C(Cc1ccc(-c2ccccc2)cc1)[C@@H]1NC(=O)[C@H](Cc2ccc3ccccc3c2)NC1=O)NC(=O)OC(C)(C)C. The van der Waals surface area contributed by atoms with Gasteiger partial charge in [-0.2, -0.15) is 0 Å². The van der Waals surface area contributed by atoms with E-state index in [0.29, 0.717) is 25.9 Å². The average Bonchev–Trinajstić information content (AvgIpc) is 3.17. The Morgan fingerprint density at radius 3 is 2.09 bits per heavy atom. The highest BCUT2D eigenvalue weighted by Gasteiger charge is 2.44. The summed E-state index contributed by atoms with van der Waals surface area (Å²) in [5.74, 6) is -1.15. The molecule has 4 aromatic carbocycles. The number of amides is 5. The standard InChI is InChI=1S/C46H55N5O7/c1-45(2,3)58-43(55)49-46(4,5)28-39(52)51(29-31-21-23-50(24-22-31)44(56)57)38(27-30-15-18-35(19-16-30)33-11-7-6-8-12-33)40-42(54)47-37(41(53)48-40)26-32-17-20-34-13-9-10-14-36(34)25-32/h6-20,25,31,37-38,40H,21-24,26-29H2,1-5H3,(H,47,54)(H,48,53)(H,49,55)(H,56,57)/t37-,38?,40-/m0/s1. The number of piperazine rings is 1. The molecule has 306 valence electrons. The first kappa shape index (κ1) is 41.7. The summed E-state index contributed by atoms with van der Waals surface area (Å²) in [5, 5.41) is 20.6. The summed E-state index contributed by atoms with van der Waals surface area (Å²) in [5.41, 5.74) is 2.02. The van der Waals surface area contributed by atoms with Gasteiger partial charge in [-0.3, -0.25) is 14.4 Å². The molecule has 4 N–H and O–H groups in total. The maximum absolute atomic E-state index is 14.8. The van der Waals surface area contributed by atoms with E-state index in [-0.39, 0.29) is 43.5 Å². The van der Waals surface area contributed by atoms with Crippen LogP contribution in [-0.2, 0) is 32.0 Å². The molecule has 0 aliphatic carbocycles. The molecule has 6 rings (SSSR count). The van der Waals surface area contributed by atoms with Crippen LogP contribution in [0.4, 0.5) is 9.59 Å². The summed E-state index contributed by atoms with van der Waals surface area (Å²) in [6.07, 6.45) is -0.215. The number of fused-ring (bicyclic) bond motifs is 1. The van der Waals surface area contributed by atoms with E-state index in [1.165, 1.54) is 4.90 Å². The van der Waals surface area contributed by atoms with Crippen molar-refractivity contribution in [2.24, 2.45) is 5.92 Å². The van der Waals surface area contributed by atoms with E-state index in [4.69, 9.17) is 4.74 Å². The zero-order chi connectivity index (χ0) is 41.6. The van der Waals surface area contributed by atoms with E-state index in [1.807, 2.05) is 97.1 Å². The fraction of sp³-hybridized carbons (Fsp3) is 0.413. The first-order valence-electron chi connectivity index (χ1n) is 20.0. The second-order valence-corrected chi connectivity index (χ2v) is 17.2. The van der Waals surface area contributed by atoms with Gasteiger partial charge in [-0.05, 0) is 92.8 Å². The predicted octanol–water partition coefficient (Wildman–Crippen LogP) is 6.56. The lowest BCUT2D eigenvalue weighted by molar-refractivity contribution is -0.143. The second kappa shape index (κ2) is 17.7. The Hall–Kier alpha value is -5.91. The molecule has 5 amide bonds. The molecule has 4 aromatic rings. The van der Waals surface area contributed by atoms with Gasteiger partial charge in [0, 0.05) is 38.0 Å². The maximum atomic E-state index is 14.8. The highest BCUT2D eigenvalue weighted by Crippen LogP contribution is 2.27. The van der Waals surface area contributed by atoms with E-state index in [2.05, 4.69) is 16.0 Å². The van der Waals surface area contributed by atoms with Crippen molar-refractivity contribution in [1.29, 1.82) is 0 Å². The van der Waals surface area contributed by atoms with Gasteiger partial charge in [0.05, 0.1) is 6.04 Å². The fourth-order valence-electron chi connectivity index (χ4n) is 7.89. The first-order valence-corrected chi connectivity index (χ1v) is 20.0. The van der Waals surface area contributed by atoms with Crippen molar-refractivity contribution >= 4 is 40.7 Å². The minimum absolute atomic E-state index is 0.0764. The molecule has 1 unspecified atom stereocenters. The first-order chi connectivity index (χ1) is 27.5. The number of carbonyl (C=O) groups is 5. The van der Waals surface area contributed by atoms with Gasteiger partial charge in [0.1, 0.15) is 17.7 Å². The van der Waals surface area contributed by atoms with Crippen LogP contribution in [0.2, 0.25) is 0 Å². The third kappa shape index (κ3) is 10.9. The minimum Gasteiger partial charge on any atom is -0.465 e. The molecular formula is C46H55N5O7. The number of carbonyl (C=O) groups excluding carboxylic acids is 4. The fourth-order valence-corrected chi connectivity index (χ4v) is 7.89. The van der Waals surface area contributed by atoms with Gasteiger partial charge in [-0.1, -0.05) is 97.1 Å². The molecule has 2 aliphatic rings. The van der Waals surface area contributed by atoms with E-state index in [9.17, 15) is 29.1 Å². The molecule has 2 aliphatic heterocycles. The van der Waals surface area contributed by atoms with Gasteiger partial charge >= 0.3 is 12.2 Å². The van der Waals surface area contributed by atoms with Crippen molar-refractivity contribution in [3.63, 3.8) is 0 Å². The lowest BCUT2D eigenvalue weighted by atomic mass is 9.89. The molecule has 0 bridgehead atoms. The number of nitrogens with one attached hydrogen (secondary N) is 3. The lowest BCUT2D eigenvalue weighted by Crippen LogP contribution is -2.69. The number of rotatable bonds is 12. The maximum Gasteiger partial charge on any atom is 0.408 e. The molecule has 2 fully saturated rings. The van der Waals surface area contributed by atoms with Gasteiger partial charge in [0.15, 0.2) is 0 Å². The molecule has 0 spiro atoms. The smallest absolute Gasteiger partial charge is 0.408 e. The van der Waals surface area contributed by atoms with Crippen molar-refractivity contribution in [3.8, 4) is 11.1 Å². The topological polar surface area (TPSA) is 157 Å². The van der Waals surface area contributed by atoms with Crippen LogP contribution < -0.4 is 16.0 Å². The van der Waals surface area contributed by atoms with Crippen LogP contribution in [0.25, 0.3) is 21.9 Å². The van der Waals surface area contributed by atoms with Crippen molar-refractivity contribution in [3.05, 3.63) is 108 Å². The number of piperidine rings is 1. The normalized spacial score (nSPS) is 18.2. The molecular weight excluding hydrogens is 735 g/mol. The third-order valence-corrected chi connectivity index (χ3v) is 10.9. The monoisotopic (exact) mass is 789 g/mol. The molecule has 3 atom stereocenters. The molecule has 12 nitrogen and oxygen atoms in total. The molecule has 58 heavy (non-hydrogen) atoms. The van der Waals surface area contributed by atoms with Crippen LogP contribution in [0.1, 0.15) is 65.0 Å². The Morgan fingerprint density at radius 2 is 1.43 bits per heavy atom. The van der Waals surface area contributed by atoms with Gasteiger partial charge in [-0.15, -0.1) is 0 Å². The molecule has 0 radical (unpaired) electrons. The Bertz CT molecular complexity index is 2110. The Labute approximate surface area is 340 Å². The summed E-state index contributed by atoms with van der Waals surface area (Å²) < 4.78 is 5.50. The molecule has 0 saturated carbocycles. The zero-order valence-corrected chi connectivity index (χ0v) is 34.0. The van der Waals surface area contributed by atoms with Gasteiger partial charge in [0.2, 0.25) is 17.7 Å². The number of hydrogen-bond acceptors (Lipinski definition) is 6. The van der Waals surface area contributed by atoms with Crippen molar-refractivity contribution in [1.82, 2.24) is 25.8 Å². The number of alkyl carbamates (subject to hydrolysis) is 1. The molecule has 0 aromatic heterocycles. The number of benzene rings is 4. The van der Waals surface area contributed by atoms with Gasteiger partial charge in [0.25, 0.3) is 0 Å². The average molecular weight is 790 g/mol. The van der Waals surface area contributed by atoms with E-state index < -0.39 is 47.4 Å². The van der Waals surface area contributed by atoms with Crippen LogP contribution in [-0.4, -0.2) is 93.7 Å². The van der Waals surface area contributed by atoms with Crippen LogP contribution in [0.3, 0.4) is 0 Å². The summed E-state index contributed by atoms with van der Waals surface area (Å²) in [6.45, 7) is 9.61. The van der Waals surface area contributed by atoms with Crippen LogP contribution in [0.5, 0.6) is 0 Å². The van der Waals surface area contributed by atoms with Gasteiger partial charge in [-0.25, -0.2) is 9.59 Å². The third-order valence-electron chi connectivity index (χ3n) is 10.9. The van der Waals surface area contributed by atoms with Crippen LogP contribution >= 0.6 is 0 Å². The Balaban J connectivity index is 1.31. The van der Waals surface area contributed by atoms with E-state index in [0.717, 1.165) is 33.0 Å². The number of nitrogens with zero attached hydrogens (tertiary/aromatic N) is 2. The number of ether oxygens (including phenoxy) is 1. The summed E-state index contributed by atoms with van der Waals surface area (Å²) in [7, 11) is 0. The molecule has 12 heteroatoms. The zero-order valence-electron chi connectivity index (χ0n) is 34.0. The van der Waals surface area contributed by atoms with Gasteiger partial charge < -0.3 is 35.6 Å². The quantitative estimate of drug-likeness (QED) is 0.127. The Morgan fingerprint density at radius 1 is 0.810 bits per heavy atom. The number of likely N-dealkylation sites (tertiary alicyclic amines) is 1. The number of carboxylic acid groups (broad SMARTS) is 1. The van der Waals surface area contributed by atoms with Crippen molar-refractivity contribution in [2.45, 2.75) is 96.0 Å². The molecule has 2 heterocycles. The lowest BCUT2D eigenvalue weighted by Gasteiger charge is -2.43. The highest BCUT2D eigenvalue weighted by molar-refractivity contribution is 5.98. The van der Waals surface area contributed by atoms with E-state index in [1.54, 1.807) is 39.5 Å².